The first-order valence-corrected chi connectivity index (χ1v) is 11.3. The number of phenolic OH excluding ortho intramolecular Hbond substituents is 1. The highest BCUT2D eigenvalue weighted by Gasteiger charge is 2.59. The molecule has 7 nitrogen and oxygen atoms in total. The monoisotopic (exact) mass is 454 g/mol. The average molecular weight is 455 g/mol. The molecule has 0 unspecified atom stereocenters. The van der Waals surface area contributed by atoms with Crippen molar-refractivity contribution in [3.05, 3.63) is 51.0 Å². The summed E-state index contributed by atoms with van der Waals surface area (Å²) in [6.45, 7) is 8.85. The van der Waals surface area contributed by atoms with Crippen LogP contribution in [-0.2, 0) is 27.8 Å². The van der Waals surface area contributed by atoms with Gasteiger partial charge in [-0.05, 0) is 48.6 Å². The van der Waals surface area contributed by atoms with E-state index in [1.54, 1.807) is 0 Å². The van der Waals surface area contributed by atoms with Crippen molar-refractivity contribution in [2.45, 2.75) is 71.3 Å². The Morgan fingerprint density at radius 3 is 2.33 bits per heavy atom. The standard InChI is InChI=1S/C26H30O7/c1-6-12-9-16(25(3,4)5)21(29)20-15(12)8-13-7-14-10-17(28)18(11(2)27)23(31)26(14,33)24(32)19(13)22(20)30/h9,13-14,28-29,32-33H,6-8,10H2,1-5H3/t13-,14+,26-/m1/s1. The van der Waals surface area contributed by atoms with Crippen LogP contribution in [-0.4, -0.2) is 43.4 Å². The predicted octanol–water partition coefficient (Wildman–Crippen LogP) is 3.54. The largest absolute Gasteiger partial charge is 0.511 e. The average Bonchev–Trinajstić information content (AvgIpc) is 2.69. The van der Waals surface area contributed by atoms with Gasteiger partial charge in [-0.25, -0.2) is 0 Å². The van der Waals surface area contributed by atoms with Gasteiger partial charge in [0.1, 0.15) is 22.8 Å². The zero-order valence-corrected chi connectivity index (χ0v) is 19.6. The van der Waals surface area contributed by atoms with E-state index in [1.165, 1.54) is 0 Å². The van der Waals surface area contributed by atoms with Crippen molar-refractivity contribution >= 4 is 17.3 Å². The van der Waals surface area contributed by atoms with Crippen molar-refractivity contribution in [3.63, 3.8) is 0 Å². The quantitative estimate of drug-likeness (QED) is 0.503. The fraction of sp³-hybridized carbons (Fsp3) is 0.500. The maximum Gasteiger partial charge on any atom is 0.209 e. The number of aliphatic hydroxyl groups excluding tert-OH is 2. The number of phenols is 1. The molecule has 33 heavy (non-hydrogen) atoms. The number of aryl methyl sites for hydroxylation is 1. The third kappa shape index (κ3) is 3.09. The summed E-state index contributed by atoms with van der Waals surface area (Å²) in [7, 11) is 0. The number of aromatic hydroxyl groups is 1. The summed E-state index contributed by atoms with van der Waals surface area (Å²) in [5.74, 6) is -5.10. The second kappa shape index (κ2) is 7.29. The number of rotatable bonds is 2. The van der Waals surface area contributed by atoms with E-state index in [4.69, 9.17) is 0 Å². The maximum atomic E-state index is 13.7. The van der Waals surface area contributed by atoms with Crippen LogP contribution >= 0.6 is 0 Å². The lowest BCUT2D eigenvalue weighted by atomic mass is 9.59. The SMILES string of the molecule is CCc1cc(C(C)(C)C)c(O)c2c1C[C@H]1C[C@H]3CC(O)=C(C(C)=O)C(=O)[C@@]3(O)C(O)=C1C2=O. The van der Waals surface area contributed by atoms with Crippen LogP contribution in [0, 0.1) is 11.8 Å². The Kier molecular flexibility index (Phi) is 5.13. The van der Waals surface area contributed by atoms with Gasteiger partial charge in [-0.2, -0.15) is 0 Å². The second-order valence-corrected chi connectivity index (χ2v) is 10.5. The van der Waals surface area contributed by atoms with E-state index in [-0.39, 0.29) is 29.7 Å². The molecule has 176 valence electrons. The molecule has 3 aliphatic rings. The van der Waals surface area contributed by atoms with Gasteiger partial charge in [0.05, 0.1) is 5.56 Å². The minimum absolute atomic E-state index is 0.0951. The summed E-state index contributed by atoms with van der Waals surface area (Å²) in [5, 5.41) is 43.9. The number of hydrogen-bond acceptors (Lipinski definition) is 7. The van der Waals surface area contributed by atoms with Crippen LogP contribution < -0.4 is 0 Å². The zero-order valence-electron chi connectivity index (χ0n) is 19.6. The summed E-state index contributed by atoms with van der Waals surface area (Å²) in [6, 6.07) is 1.92. The number of carbonyl (C=O) groups is 3. The predicted molar refractivity (Wildman–Crippen MR) is 120 cm³/mol. The van der Waals surface area contributed by atoms with Crippen LogP contribution in [0.2, 0.25) is 0 Å². The molecule has 0 amide bonds. The Balaban J connectivity index is 1.95. The molecule has 0 aromatic heterocycles. The van der Waals surface area contributed by atoms with Crippen LogP contribution in [0.25, 0.3) is 0 Å². The first-order valence-electron chi connectivity index (χ1n) is 11.3. The summed E-state index contributed by atoms with van der Waals surface area (Å²) >= 11 is 0. The van der Waals surface area contributed by atoms with Crippen LogP contribution in [0.5, 0.6) is 5.75 Å². The van der Waals surface area contributed by atoms with Crippen LogP contribution in [0.3, 0.4) is 0 Å². The third-order valence-corrected chi connectivity index (χ3v) is 7.45. The molecule has 1 aromatic rings. The lowest BCUT2D eigenvalue weighted by Crippen LogP contribution is -2.56. The van der Waals surface area contributed by atoms with E-state index in [1.807, 2.05) is 33.8 Å². The van der Waals surface area contributed by atoms with Gasteiger partial charge in [0.15, 0.2) is 17.2 Å². The topological polar surface area (TPSA) is 132 Å². The second-order valence-electron chi connectivity index (χ2n) is 10.5. The van der Waals surface area contributed by atoms with Crippen molar-refractivity contribution in [1.29, 1.82) is 0 Å². The smallest absolute Gasteiger partial charge is 0.209 e. The van der Waals surface area contributed by atoms with Gasteiger partial charge < -0.3 is 20.4 Å². The molecule has 4 N–H and O–H groups in total. The number of benzene rings is 1. The molecule has 0 radical (unpaired) electrons. The van der Waals surface area contributed by atoms with Crippen LogP contribution in [0.15, 0.2) is 28.7 Å². The van der Waals surface area contributed by atoms with Crippen LogP contribution in [0.4, 0.5) is 0 Å². The molecule has 7 heteroatoms. The molecule has 0 spiro atoms. The van der Waals surface area contributed by atoms with Crippen molar-refractivity contribution in [3.8, 4) is 5.75 Å². The molecule has 0 heterocycles. The van der Waals surface area contributed by atoms with Gasteiger partial charge in [-0.1, -0.05) is 33.8 Å². The molecule has 0 saturated heterocycles. The zero-order chi connectivity index (χ0) is 24.6. The molecule has 0 bridgehead atoms. The Morgan fingerprint density at radius 1 is 1.15 bits per heavy atom. The highest BCUT2D eigenvalue weighted by molar-refractivity contribution is 6.25. The molecular formula is C26H30O7. The van der Waals surface area contributed by atoms with Crippen molar-refractivity contribution < 1.29 is 34.8 Å². The summed E-state index contributed by atoms with van der Waals surface area (Å²) in [6.07, 6.45) is 1.02. The minimum atomic E-state index is -2.46. The molecule has 1 aromatic carbocycles. The van der Waals surface area contributed by atoms with E-state index in [0.29, 0.717) is 24.0 Å². The normalized spacial score (nSPS) is 27.3. The molecule has 0 saturated carbocycles. The van der Waals surface area contributed by atoms with E-state index in [2.05, 4.69) is 0 Å². The van der Waals surface area contributed by atoms with Crippen LogP contribution in [0.1, 0.15) is 74.5 Å². The number of ketones is 3. The Hall–Kier alpha value is -2.93. The first-order chi connectivity index (χ1) is 15.2. The minimum Gasteiger partial charge on any atom is -0.511 e. The fourth-order valence-electron chi connectivity index (χ4n) is 5.76. The summed E-state index contributed by atoms with van der Waals surface area (Å²) < 4.78 is 0. The van der Waals surface area contributed by atoms with E-state index in [9.17, 15) is 34.8 Å². The summed E-state index contributed by atoms with van der Waals surface area (Å²) in [4.78, 5) is 38.7. The van der Waals surface area contributed by atoms with E-state index < -0.39 is 57.3 Å². The van der Waals surface area contributed by atoms with Crippen molar-refractivity contribution in [2.75, 3.05) is 0 Å². The number of aliphatic hydroxyl groups is 3. The Labute approximate surface area is 192 Å². The van der Waals surface area contributed by atoms with E-state index in [0.717, 1.165) is 12.5 Å². The molecule has 0 fully saturated rings. The number of fused-ring (bicyclic) bond motifs is 3. The first kappa shape index (κ1) is 23.2. The van der Waals surface area contributed by atoms with Gasteiger partial charge >= 0.3 is 0 Å². The maximum absolute atomic E-state index is 13.7. The Morgan fingerprint density at radius 2 is 1.79 bits per heavy atom. The highest BCUT2D eigenvalue weighted by atomic mass is 16.3. The fourth-order valence-corrected chi connectivity index (χ4v) is 5.76. The molecule has 4 rings (SSSR count). The van der Waals surface area contributed by atoms with Gasteiger partial charge in [0, 0.05) is 23.5 Å². The van der Waals surface area contributed by atoms with Gasteiger partial charge in [0.2, 0.25) is 5.78 Å². The third-order valence-electron chi connectivity index (χ3n) is 7.45. The number of Topliss-reactive ketones (excluding diaryl/α,β-unsaturated/α-hetero) is 3. The lowest BCUT2D eigenvalue weighted by Gasteiger charge is -2.46. The van der Waals surface area contributed by atoms with Crippen molar-refractivity contribution in [1.82, 2.24) is 0 Å². The number of allylic oxidation sites excluding steroid dienone is 2. The van der Waals surface area contributed by atoms with Gasteiger partial charge in [-0.15, -0.1) is 0 Å². The van der Waals surface area contributed by atoms with Crippen molar-refractivity contribution in [2.24, 2.45) is 11.8 Å². The number of carbonyl (C=O) groups excluding carboxylic acids is 3. The lowest BCUT2D eigenvalue weighted by molar-refractivity contribution is -0.144. The highest BCUT2D eigenvalue weighted by Crippen LogP contribution is 2.52. The molecule has 3 atom stereocenters. The van der Waals surface area contributed by atoms with E-state index >= 15 is 0 Å². The molecule has 0 aliphatic heterocycles. The van der Waals surface area contributed by atoms with Gasteiger partial charge in [0.25, 0.3) is 0 Å². The molecular weight excluding hydrogens is 424 g/mol. The Bertz CT molecular complexity index is 1180. The summed E-state index contributed by atoms with van der Waals surface area (Å²) in [5.41, 5.74) is -1.18. The van der Waals surface area contributed by atoms with Gasteiger partial charge in [-0.3, -0.25) is 14.4 Å². The number of hydrogen-bond donors (Lipinski definition) is 4. The molecule has 3 aliphatic carbocycles.